The topological polar surface area (TPSA) is 18.5 Å². The van der Waals surface area contributed by atoms with Crippen molar-refractivity contribution in [2.45, 2.75) is 38.5 Å². The summed E-state index contributed by atoms with van der Waals surface area (Å²) < 4.78 is 12.8. The molecule has 0 N–H and O–H groups in total. The Balaban J connectivity index is 1.93. The minimum absolute atomic E-state index is 0.757. The quantitative estimate of drug-likeness (QED) is 0.207. The van der Waals surface area contributed by atoms with Gasteiger partial charge in [-0.15, -0.1) is 0 Å². The smallest absolute Gasteiger partial charge is 0.134 e. The normalized spacial score (nSPS) is 11.0. The number of hydrogen-bond donors (Lipinski definition) is 0. The van der Waals surface area contributed by atoms with Crippen molar-refractivity contribution in [2.75, 3.05) is 23.9 Å². The maximum atomic E-state index is 5.93. The number of alkyl halides is 2. The van der Waals surface area contributed by atoms with Crippen LogP contribution in [0.1, 0.15) is 38.5 Å². The van der Waals surface area contributed by atoms with Crippen molar-refractivity contribution in [3.05, 3.63) is 34.8 Å². The maximum absolute atomic E-state index is 5.93. The molecule has 2 aromatic rings. The van der Waals surface area contributed by atoms with Crippen LogP contribution in [0.15, 0.2) is 34.8 Å². The molecule has 0 heterocycles. The number of halogens is 3. The summed E-state index contributed by atoms with van der Waals surface area (Å²) in [5.74, 6) is 1.84. The average molecular weight is 537 g/mol. The van der Waals surface area contributed by atoms with E-state index in [0.717, 1.165) is 63.5 Å². The lowest BCUT2D eigenvalue weighted by atomic mass is 10.1. The van der Waals surface area contributed by atoms with Gasteiger partial charge >= 0.3 is 0 Å². The van der Waals surface area contributed by atoms with Gasteiger partial charge in [0.1, 0.15) is 11.5 Å². The molecule has 0 spiro atoms. The van der Waals surface area contributed by atoms with Gasteiger partial charge in [0.25, 0.3) is 0 Å². The number of hydrogen-bond acceptors (Lipinski definition) is 2. The summed E-state index contributed by atoms with van der Waals surface area (Å²) in [6.45, 7) is 1.53. The van der Waals surface area contributed by atoms with Crippen LogP contribution < -0.4 is 9.47 Å². The monoisotopic (exact) mass is 534 g/mol. The molecule has 0 saturated carbocycles. The second kappa shape index (κ2) is 12.2. The van der Waals surface area contributed by atoms with Crippen molar-refractivity contribution in [3.63, 3.8) is 0 Å². The third-order valence-corrected chi connectivity index (χ3v) is 5.91. The van der Waals surface area contributed by atoms with Crippen LogP contribution in [0.2, 0.25) is 0 Å². The molecule has 138 valence electrons. The van der Waals surface area contributed by atoms with Crippen molar-refractivity contribution >= 4 is 58.6 Å². The number of unbranched alkanes of at least 4 members (excludes halogenated alkanes) is 4. The Labute approximate surface area is 176 Å². The molecule has 0 bridgehead atoms. The fraction of sp³-hybridized carbons (Fsp3) is 0.500. The van der Waals surface area contributed by atoms with Gasteiger partial charge in [-0.2, -0.15) is 0 Å². The lowest BCUT2D eigenvalue weighted by Crippen LogP contribution is -1.99. The van der Waals surface area contributed by atoms with E-state index in [1.54, 1.807) is 0 Å². The van der Waals surface area contributed by atoms with E-state index in [1.807, 2.05) is 12.1 Å². The summed E-state index contributed by atoms with van der Waals surface area (Å²) in [5.41, 5.74) is 0. The first-order valence-electron chi connectivity index (χ1n) is 8.86. The van der Waals surface area contributed by atoms with Gasteiger partial charge in [0.15, 0.2) is 0 Å². The molecule has 0 aliphatic carbocycles. The summed E-state index contributed by atoms with van der Waals surface area (Å²) in [6, 6.07) is 10.4. The molecule has 2 nitrogen and oxygen atoms in total. The molecular formula is C20H25Br3O2. The average Bonchev–Trinajstić information content (AvgIpc) is 2.63. The molecule has 2 rings (SSSR count). The fourth-order valence-corrected chi connectivity index (χ4v) is 3.97. The molecule has 0 aliphatic rings. The van der Waals surface area contributed by atoms with Gasteiger partial charge in [-0.25, -0.2) is 0 Å². The van der Waals surface area contributed by atoms with Gasteiger partial charge in [0, 0.05) is 10.7 Å². The summed E-state index contributed by atoms with van der Waals surface area (Å²) in [5, 5.41) is 4.45. The minimum Gasteiger partial charge on any atom is -0.494 e. The Bertz CT molecular complexity index is 646. The van der Waals surface area contributed by atoms with Crippen LogP contribution >= 0.6 is 47.8 Å². The Morgan fingerprint density at radius 2 is 1.40 bits per heavy atom. The zero-order chi connectivity index (χ0) is 17.9. The number of rotatable bonds is 12. The highest BCUT2D eigenvalue weighted by Crippen LogP contribution is 2.35. The highest BCUT2D eigenvalue weighted by molar-refractivity contribution is 9.10. The zero-order valence-corrected chi connectivity index (χ0v) is 19.2. The molecular weight excluding hydrogens is 512 g/mol. The van der Waals surface area contributed by atoms with Crippen molar-refractivity contribution < 1.29 is 9.47 Å². The number of ether oxygens (including phenoxy) is 2. The molecule has 5 heteroatoms. The van der Waals surface area contributed by atoms with Crippen molar-refractivity contribution in [1.82, 2.24) is 0 Å². The van der Waals surface area contributed by atoms with Crippen molar-refractivity contribution in [1.29, 1.82) is 0 Å². The Morgan fingerprint density at radius 1 is 0.720 bits per heavy atom. The lowest BCUT2D eigenvalue weighted by molar-refractivity contribution is 0.305. The molecule has 0 unspecified atom stereocenters. The van der Waals surface area contributed by atoms with Crippen LogP contribution in [0.25, 0.3) is 10.8 Å². The maximum Gasteiger partial charge on any atom is 0.134 e. The molecule has 0 aliphatic heterocycles. The highest BCUT2D eigenvalue weighted by atomic mass is 79.9. The molecule has 0 atom stereocenters. The second-order valence-electron chi connectivity index (χ2n) is 5.96. The largest absolute Gasteiger partial charge is 0.494 e. The van der Waals surface area contributed by atoms with Crippen LogP contribution in [0.4, 0.5) is 0 Å². The van der Waals surface area contributed by atoms with Crippen molar-refractivity contribution in [2.24, 2.45) is 0 Å². The first kappa shape index (κ1) is 21.0. The summed E-state index contributed by atoms with van der Waals surface area (Å²) in [7, 11) is 0. The van der Waals surface area contributed by atoms with Gasteiger partial charge in [0.05, 0.1) is 17.7 Å². The van der Waals surface area contributed by atoms with E-state index in [0.29, 0.717) is 0 Å². The van der Waals surface area contributed by atoms with Crippen molar-refractivity contribution in [3.8, 4) is 11.5 Å². The van der Waals surface area contributed by atoms with Gasteiger partial charge in [-0.3, -0.25) is 0 Å². The van der Waals surface area contributed by atoms with Gasteiger partial charge in [0.2, 0.25) is 0 Å². The fourth-order valence-electron chi connectivity index (χ4n) is 2.57. The molecule has 0 fully saturated rings. The Morgan fingerprint density at radius 3 is 2.08 bits per heavy atom. The predicted octanol–water partition coefficient (Wildman–Crippen LogP) is 7.49. The molecule has 0 aromatic heterocycles. The predicted molar refractivity (Wildman–Crippen MR) is 118 cm³/mol. The number of fused-ring (bicyclic) bond motifs is 1. The van der Waals surface area contributed by atoms with Gasteiger partial charge in [-0.05, 0) is 89.5 Å². The SMILES string of the molecule is BrCCCCCOc1ccc2c(Br)c(OCCCCCBr)ccc2c1. The molecule has 2 aromatic carbocycles. The van der Waals surface area contributed by atoms with E-state index in [1.165, 1.54) is 25.7 Å². The summed E-state index contributed by atoms with van der Waals surface area (Å²) in [4.78, 5) is 0. The van der Waals surface area contributed by atoms with E-state index in [4.69, 9.17) is 9.47 Å². The van der Waals surface area contributed by atoms with Gasteiger partial charge < -0.3 is 9.47 Å². The van der Waals surface area contributed by atoms with E-state index in [9.17, 15) is 0 Å². The van der Waals surface area contributed by atoms with E-state index < -0.39 is 0 Å². The van der Waals surface area contributed by atoms with Crippen LogP contribution in [0, 0.1) is 0 Å². The molecule has 0 radical (unpaired) electrons. The first-order chi connectivity index (χ1) is 12.3. The molecule has 0 saturated heterocycles. The zero-order valence-electron chi connectivity index (χ0n) is 14.4. The standard InChI is InChI=1S/C20H25Br3O2/c21-11-3-1-5-13-24-17-8-9-18-16(15-17)7-10-19(20(18)23)25-14-6-2-4-12-22/h7-10,15H,1-6,11-14H2. The third kappa shape index (κ3) is 7.10. The van der Waals surface area contributed by atoms with Crippen LogP contribution in [0.3, 0.4) is 0 Å². The molecule has 0 amide bonds. The summed E-state index contributed by atoms with van der Waals surface area (Å²) >= 11 is 10.6. The lowest BCUT2D eigenvalue weighted by Gasteiger charge is -2.12. The van der Waals surface area contributed by atoms with E-state index in [-0.39, 0.29) is 0 Å². The van der Waals surface area contributed by atoms with E-state index >= 15 is 0 Å². The first-order valence-corrected chi connectivity index (χ1v) is 11.9. The second-order valence-corrected chi connectivity index (χ2v) is 8.34. The Kier molecular flexibility index (Phi) is 10.3. The molecule has 25 heavy (non-hydrogen) atoms. The number of benzene rings is 2. The summed E-state index contributed by atoms with van der Waals surface area (Å²) in [6.07, 6.45) is 6.95. The van der Waals surface area contributed by atoms with Crippen LogP contribution in [-0.4, -0.2) is 23.9 Å². The van der Waals surface area contributed by atoms with Gasteiger partial charge in [-0.1, -0.05) is 37.9 Å². The van der Waals surface area contributed by atoms with E-state index in [2.05, 4.69) is 66.0 Å². The Hall–Kier alpha value is -0.260. The van der Waals surface area contributed by atoms with Crippen LogP contribution in [-0.2, 0) is 0 Å². The highest BCUT2D eigenvalue weighted by Gasteiger charge is 2.07. The van der Waals surface area contributed by atoms with Crippen LogP contribution in [0.5, 0.6) is 11.5 Å². The third-order valence-electron chi connectivity index (χ3n) is 3.97. The minimum atomic E-state index is 0.757.